The largest absolute Gasteiger partial charge is 0.383 e. The first-order chi connectivity index (χ1) is 6.16. The highest BCUT2D eigenvalue weighted by atomic mass is 79.9. The summed E-state index contributed by atoms with van der Waals surface area (Å²) >= 11 is 3.11. The molecule has 1 aromatic heterocycles. The number of nitrogens with zero attached hydrogens (tertiary/aromatic N) is 2. The molecule has 0 radical (unpaired) electrons. The van der Waals surface area contributed by atoms with Crippen LogP contribution in [-0.4, -0.2) is 15.9 Å². The number of aromatic nitrogens is 2. The Hall–Kier alpha value is -1.17. The predicted molar refractivity (Wildman–Crippen MR) is 51.1 cm³/mol. The minimum Gasteiger partial charge on any atom is -0.383 e. The highest BCUT2D eigenvalue weighted by Gasteiger charge is 2.19. The van der Waals surface area contributed by atoms with Gasteiger partial charge in [0.25, 0.3) is 0 Å². The molecule has 5 nitrogen and oxygen atoms in total. The topological polar surface area (TPSA) is 80.9 Å². The van der Waals surface area contributed by atoms with Crippen molar-refractivity contribution in [2.75, 3.05) is 11.1 Å². The van der Waals surface area contributed by atoms with Crippen molar-refractivity contribution in [3.05, 3.63) is 10.3 Å². The summed E-state index contributed by atoms with van der Waals surface area (Å²) in [5, 5.41) is 2.64. The number of carbonyl (C=O) groups excluding carboxylic acids is 1. The molecular formula is C7H7BrN4O. The SMILES string of the molecule is Nc1nc(Br)nc2c1CCC(=O)N2. The summed E-state index contributed by atoms with van der Waals surface area (Å²) in [6.07, 6.45) is 1.06. The number of halogens is 1. The van der Waals surface area contributed by atoms with Crippen LogP contribution >= 0.6 is 15.9 Å². The van der Waals surface area contributed by atoms with E-state index in [0.29, 0.717) is 29.2 Å². The molecule has 1 aliphatic rings. The van der Waals surface area contributed by atoms with E-state index in [-0.39, 0.29) is 5.91 Å². The van der Waals surface area contributed by atoms with Crippen molar-refractivity contribution in [3.8, 4) is 0 Å². The average Bonchev–Trinajstić information content (AvgIpc) is 2.02. The fourth-order valence-corrected chi connectivity index (χ4v) is 1.62. The molecule has 0 aliphatic carbocycles. The maximum Gasteiger partial charge on any atom is 0.225 e. The van der Waals surface area contributed by atoms with Gasteiger partial charge in [-0.05, 0) is 22.4 Å². The zero-order chi connectivity index (χ0) is 9.42. The summed E-state index contributed by atoms with van der Waals surface area (Å²) in [5.41, 5.74) is 6.48. The second-order valence-electron chi connectivity index (χ2n) is 2.75. The molecule has 0 atom stereocenters. The lowest BCUT2D eigenvalue weighted by molar-refractivity contribution is -0.116. The summed E-state index contributed by atoms with van der Waals surface area (Å²) in [6.45, 7) is 0. The van der Waals surface area contributed by atoms with Crippen LogP contribution in [0.2, 0.25) is 0 Å². The molecule has 68 valence electrons. The molecule has 1 aromatic rings. The molecule has 1 amide bonds. The van der Waals surface area contributed by atoms with Gasteiger partial charge in [0.2, 0.25) is 10.6 Å². The lowest BCUT2D eigenvalue weighted by Gasteiger charge is -2.16. The van der Waals surface area contributed by atoms with Crippen molar-refractivity contribution in [1.82, 2.24) is 9.97 Å². The highest BCUT2D eigenvalue weighted by Crippen LogP contribution is 2.25. The van der Waals surface area contributed by atoms with Gasteiger partial charge in [-0.3, -0.25) is 4.79 Å². The maximum absolute atomic E-state index is 11.0. The monoisotopic (exact) mass is 242 g/mol. The van der Waals surface area contributed by atoms with Crippen LogP contribution in [0.1, 0.15) is 12.0 Å². The second-order valence-corrected chi connectivity index (χ2v) is 3.46. The Morgan fingerprint density at radius 3 is 2.92 bits per heavy atom. The first kappa shape index (κ1) is 8.43. The third-order valence-corrected chi connectivity index (χ3v) is 2.23. The lowest BCUT2D eigenvalue weighted by atomic mass is 10.1. The van der Waals surface area contributed by atoms with Gasteiger partial charge in [-0.15, -0.1) is 0 Å². The van der Waals surface area contributed by atoms with Crippen LogP contribution in [0.15, 0.2) is 4.73 Å². The molecule has 0 unspecified atom stereocenters. The Balaban J connectivity index is 2.53. The number of nitrogens with two attached hydrogens (primary N) is 1. The smallest absolute Gasteiger partial charge is 0.225 e. The minimum atomic E-state index is -0.0301. The predicted octanol–water partition coefficient (Wildman–Crippen LogP) is 0.706. The zero-order valence-corrected chi connectivity index (χ0v) is 8.26. The molecule has 1 aliphatic heterocycles. The molecule has 0 fully saturated rings. The van der Waals surface area contributed by atoms with Crippen LogP contribution in [0.4, 0.5) is 11.6 Å². The normalized spacial score (nSPS) is 15.0. The Morgan fingerprint density at radius 2 is 2.15 bits per heavy atom. The molecule has 2 heterocycles. The van der Waals surface area contributed by atoms with Crippen LogP contribution < -0.4 is 11.1 Å². The van der Waals surface area contributed by atoms with Crippen molar-refractivity contribution in [2.24, 2.45) is 0 Å². The number of nitrogen functional groups attached to an aromatic ring is 1. The quantitative estimate of drug-likeness (QED) is 0.657. The summed E-state index contributed by atoms with van der Waals surface area (Å²) in [5.74, 6) is 0.921. The number of hydrogen-bond acceptors (Lipinski definition) is 4. The van der Waals surface area contributed by atoms with Gasteiger partial charge in [0, 0.05) is 12.0 Å². The van der Waals surface area contributed by atoms with Gasteiger partial charge in [-0.25, -0.2) is 9.97 Å². The van der Waals surface area contributed by atoms with Gasteiger partial charge in [0.05, 0.1) is 0 Å². The molecule has 2 rings (SSSR count). The molecule has 0 aromatic carbocycles. The number of carbonyl (C=O) groups is 1. The third-order valence-electron chi connectivity index (χ3n) is 1.87. The molecule has 3 N–H and O–H groups in total. The van der Waals surface area contributed by atoms with E-state index in [4.69, 9.17) is 5.73 Å². The molecule has 6 heteroatoms. The van der Waals surface area contributed by atoms with Crippen molar-refractivity contribution in [3.63, 3.8) is 0 Å². The molecule has 13 heavy (non-hydrogen) atoms. The molecule has 0 saturated carbocycles. The van der Waals surface area contributed by atoms with E-state index >= 15 is 0 Å². The first-order valence-corrected chi connectivity index (χ1v) is 4.58. The van der Waals surface area contributed by atoms with E-state index in [1.165, 1.54) is 0 Å². The van der Waals surface area contributed by atoms with Crippen LogP contribution in [0.25, 0.3) is 0 Å². The van der Waals surface area contributed by atoms with Crippen LogP contribution in [-0.2, 0) is 11.2 Å². The highest BCUT2D eigenvalue weighted by molar-refractivity contribution is 9.10. The molecular weight excluding hydrogens is 236 g/mol. The third kappa shape index (κ3) is 1.49. The lowest BCUT2D eigenvalue weighted by Crippen LogP contribution is -2.21. The van der Waals surface area contributed by atoms with Gasteiger partial charge in [0.15, 0.2) is 0 Å². The van der Waals surface area contributed by atoms with Crippen LogP contribution in [0.3, 0.4) is 0 Å². The maximum atomic E-state index is 11.0. The Kier molecular flexibility index (Phi) is 1.91. The van der Waals surface area contributed by atoms with Gasteiger partial charge in [0.1, 0.15) is 11.6 Å². The van der Waals surface area contributed by atoms with E-state index in [1.807, 2.05) is 0 Å². The van der Waals surface area contributed by atoms with E-state index in [9.17, 15) is 4.79 Å². The number of amides is 1. The average molecular weight is 243 g/mol. The summed E-state index contributed by atoms with van der Waals surface area (Å²) < 4.78 is 0.394. The number of anilines is 2. The van der Waals surface area contributed by atoms with Gasteiger partial charge in [-0.1, -0.05) is 0 Å². The van der Waals surface area contributed by atoms with E-state index < -0.39 is 0 Å². The Bertz CT molecular complexity index is 379. The van der Waals surface area contributed by atoms with E-state index in [0.717, 1.165) is 5.56 Å². The fourth-order valence-electron chi connectivity index (χ4n) is 1.26. The van der Waals surface area contributed by atoms with Crippen LogP contribution in [0.5, 0.6) is 0 Å². The number of rotatable bonds is 0. The summed E-state index contributed by atoms with van der Waals surface area (Å²) in [6, 6.07) is 0. The first-order valence-electron chi connectivity index (χ1n) is 3.78. The summed E-state index contributed by atoms with van der Waals surface area (Å²) in [7, 11) is 0. The number of hydrogen-bond donors (Lipinski definition) is 2. The molecule has 0 spiro atoms. The van der Waals surface area contributed by atoms with Gasteiger partial charge >= 0.3 is 0 Å². The van der Waals surface area contributed by atoms with E-state index in [1.54, 1.807) is 0 Å². The minimum absolute atomic E-state index is 0.0301. The zero-order valence-electron chi connectivity index (χ0n) is 6.67. The fraction of sp³-hybridized carbons (Fsp3) is 0.286. The van der Waals surface area contributed by atoms with Crippen LogP contribution in [0, 0.1) is 0 Å². The molecule has 0 saturated heterocycles. The van der Waals surface area contributed by atoms with Crippen molar-refractivity contribution in [2.45, 2.75) is 12.8 Å². The Morgan fingerprint density at radius 1 is 1.38 bits per heavy atom. The van der Waals surface area contributed by atoms with Gasteiger partial charge < -0.3 is 11.1 Å². The number of fused-ring (bicyclic) bond motifs is 1. The standard InChI is InChI=1S/C7H7BrN4O/c8-7-11-5(9)3-1-2-4(13)10-6(3)12-7/h1-2H2,(H3,9,10,11,12,13). The Labute approximate surface area is 82.9 Å². The van der Waals surface area contributed by atoms with Crippen molar-refractivity contribution >= 4 is 33.5 Å². The molecule has 0 bridgehead atoms. The van der Waals surface area contributed by atoms with Crippen molar-refractivity contribution in [1.29, 1.82) is 0 Å². The summed E-state index contributed by atoms with van der Waals surface area (Å²) in [4.78, 5) is 19.0. The second kappa shape index (κ2) is 2.95. The van der Waals surface area contributed by atoms with Gasteiger partial charge in [-0.2, -0.15) is 0 Å². The number of nitrogens with one attached hydrogen (secondary N) is 1. The van der Waals surface area contributed by atoms with E-state index in [2.05, 4.69) is 31.2 Å². The van der Waals surface area contributed by atoms with Crippen molar-refractivity contribution < 1.29 is 4.79 Å².